The van der Waals surface area contributed by atoms with Crippen LogP contribution < -0.4 is 5.32 Å². The number of carbonyl (C=O) groups excluding carboxylic acids is 2. The number of fused-ring (bicyclic) bond motifs is 1. The molecule has 1 saturated heterocycles. The Kier molecular flexibility index (Phi) is 7.28. The molecule has 2 aromatic carbocycles. The summed E-state index contributed by atoms with van der Waals surface area (Å²) in [6.07, 6.45) is 2.30. The standard InChI is InChI=1S/C27H32FN3O4/c1-27(2,3)35-25(32)29-12-11-21-13-19(23-15-30-24-14-20(28)9-10-22(23)24)16-31(21)26(33)34-17-18-7-5-4-6-8-18/h4-10,14-15,19,21,30H,11-13,16-17H2,1-3H3,(H,29,32)/t19-,21+/m0/s1. The summed E-state index contributed by atoms with van der Waals surface area (Å²) >= 11 is 0. The number of amides is 2. The van der Waals surface area contributed by atoms with Gasteiger partial charge in [0.25, 0.3) is 0 Å². The Morgan fingerprint density at radius 2 is 1.94 bits per heavy atom. The summed E-state index contributed by atoms with van der Waals surface area (Å²) in [4.78, 5) is 30.0. The molecule has 186 valence electrons. The van der Waals surface area contributed by atoms with Crippen molar-refractivity contribution >= 4 is 23.1 Å². The number of hydrogen-bond donors (Lipinski definition) is 2. The van der Waals surface area contributed by atoms with E-state index in [0.29, 0.717) is 25.9 Å². The predicted molar refractivity (Wildman–Crippen MR) is 132 cm³/mol. The van der Waals surface area contributed by atoms with Gasteiger partial charge >= 0.3 is 12.2 Å². The van der Waals surface area contributed by atoms with E-state index in [0.717, 1.165) is 22.0 Å². The summed E-state index contributed by atoms with van der Waals surface area (Å²) in [5, 5.41) is 3.73. The molecule has 0 radical (unpaired) electrons. The van der Waals surface area contributed by atoms with E-state index in [9.17, 15) is 14.0 Å². The second-order valence-electron chi connectivity index (χ2n) is 9.93. The quantitative estimate of drug-likeness (QED) is 0.472. The van der Waals surface area contributed by atoms with Crippen molar-refractivity contribution in [2.75, 3.05) is 13.1 Å². The number of H-pyrrole nitrogens is 1. The number of alkyl carbamates (subject to hydrolysis) is 1. The molecule has 2 heterocycles. The fourth-order valence-electron chi connectivity index (χ4n) is 4.56. The molecule has 3 aromatic rings. The summed E-state index contributed by atoms with van der Waals surface area (Å²) < 4.78 is 24.6. The van der Waals surface area contributed by atoms with E-state index < -0.39 is 11.7 Å². The average Bonchev–Trinajstić information content (AvgIpc) is 3.40. The smallest absolute Gasteiger partial charge is 0.410 e. The third-order valence-electron chi connectivity index (χ3n) is 6.12. The van der Waals surface area contributed by atoms with Crippen LogP contribution >= 0.6 is 0 Å². The summed E-state index contributed by atoms with van der Waals surface area (Å²) in [5.74, 6) is -0.237. The third kappa shape index (κ3) is 6.32. The third-order valence-corrected chi connectivity index (χ3v) is 6.12. The number of halogens is 1. The molecule has 2 amide bonds. The van der Waals surface area contributed by atoms with Crippen LogP contribution in [0.5, 0.6) is 0 Å². The Balaban J connectivity index is 1.45. The Bertz CT molecular complexity index is 1170. The molecule has 1 aromatic heterocycles. The number of hydrogen-bond acceptors (Lipinski definition) is 4. The molecule has 8 heteroatoms. The molecule has 0 aliphatic carbocycles. The summed E-state index contributed by atoms with van der Waals surface area (Å²) in [5.41, 5.74) is 2.11. The SMILES string of the molecule is CC(C)(C)OC(=O)NCC[C@@H]1C[C@H](c2c[nH]c3cc(F)ccc23)CN1C(=O)OCc1ccccc1. The van der Waals surface area contributed by atoms with Crippen molar-refractivity contribution in [2.45, 2.75) is 57.8 Å². The average molecular weight is 482 g/mol. The Morgan fingerprint density at radius 1 is 1.17 bits per heavy atom. The van der Waals surface area contributed by atoms with Crippen LogP contribution in [0.3, 0.4) is 0 Å². The van der Waals surface area contributed by atoms with E-state index in [1.54, 1.807) is 11.0 Å². The monoisotopic (exact) mass is 481 g/mol. The number of benzene rings is 2. The lowest BCUT2D eigenvalue weighted by Crippen LogP contribution is -2.39. The van der Waals surface area contributed by atoms with Gasteiger partial charge in [0.05, 0.1) is 0 Å². The second kappa shape index (κ2) is 10.4. The van der Waals surface area contributed by atoms with Crippen molar-refractivity contribution in [3.05, 3.63) is 71.7 Å². The highest BCUT2D eigenvalue weighted by molar-refractivity contribution is 5.84. The largest absolute Gasteiger partial charge is 0.445 e. The van der Waals surface area contributed by atoms with E-state index in [-0.39, 0.29) is 30.5 Å². The highest BCUT2D eigenvalue weighted by atomic mass is 19.1. The van der Waals surface area contributed by atoms with Gasteiger partial charge in [-0.25, -0.2) is 14.0 Å². The van der Waals surface area contributed by atoms with Crippen molar-refractivity contribution in [1.82, 2.24) is 15.2 Å². The van der Waals surface area contributed by atoms with Gasteiger partial charge in [0.2, 0.25) is 0 Å². The first-order valence-corrected chi connectivity index (χ1v) is 11.9. The molecule has 4 rings (SSSR count). The van der Waals surface area contributed by atoms with Crippen LogP contribution in [0.1, 0.15) is 50.7 Å². The normalized spacial score (nSPS) is 18.0. The fraction of sp³-hybridized carbons (Fsp3) is 0.407. The fourth-order valence-corrected chi connectivity index (χ4v) is 4.56. The van der Waals surface area contributed by atoms with E-state index in [4.69, 9.17) is 9.47 Å². The first-order chi connectivity index (χ1) is 16.7. The number of aromatic amines is 1. The van der Waals surface area contributed by atoms with Crippen LogP contribution in [0.25, 0.3) is 10.9 Å². The zero-order valence-corrected chi connectivity index (χ0v) is 20.3. The van der Waals surface area contributed by atoms with Gasteiger partial charge in [-0.1, -0.05) is 30.3 Å². The first-order valence-electron chi connectivity index (χ1n) is 11.9. The topological polar surface area (TPSA) is 83.7 Å². The molecular weight excluding hydrogens is 449 g/mol. The zero-order chi connectivity index (χ0) is 25.0. The van der Waals surface area contributed by atoms with Crippen LogP contribution in [-0.2, 0) is 16.1 Å². The highest BCUT2D eigenvalue weighted by Crippen LogP contribution is 2.37. The number of aromatic nitrogens is 1. The number of likely N-dealkylation sites (tertiary alicyclic amines) is 1. The summed E-state index contributed by atoms with van der Waals surface area (Å²) in [6.45, 7) is 6.47. The van der Waals surface area contributed by atoms with Crippen LogP contribution in [-0.4, -0.2) is 46.8 Å². The number of nitrogens with zero attached hydrogens (tertiary/aromatic N) is 1. The molecular formula is C27H32FN3O4. The Morgan fingerprint density at radius 3 is 2.69 bits per heavy atom. The maximum atomic E-state index is 13.7. The van der Waals surface area contributed by atoms with Crippen molar-refractivity contribution in [3.63, 3.8) is 0 Å². The highest BCUT2D eigenvalue weighted by Gasteiger charge is 2.37. The second-order valence-corrected chi connectivity index (χ2v) is 9.93. The van der Waals surface area contributed by atoms with Crippen LogP contribution in [0.15, 0.2) is 54.7 Å². The van der Waals surface area contributed by atoms with Gasteiger partial charge in [0, 0.05) is 42.1 Å². The molecule has 1 fully saturated rings. The van der Waals surface area contributed by atoms with Gasteiger partial charge < -0.3 is 24.7 Å². The Hall–Kier alpha value is -3.55. The van der Waals surface area contributed by atoms with Crippen molar-refractivity contribution in [1.29, 1.82) is 0 Å². The van der Waals surface area contributed by atoms with Gasteiger partial charge in [0.15, 0.2) is 0 Å². The molecule has 0 spiro atoms. The Labute approximate surface area is 204 Å². The van der Waals surface area contributed by atoms with Crippen LogP contribution in [0.2, 0.25) is 0 Å². The minimum absolute atomic E-state index is 0.0602. The van der Waals surface area contributed by atoms with Crippen molar-refractivity contribution in [3.8, 4) is 0 Å². The van der Waals surface area contributed by atoms with Crippen LogP contribution in [0, 0.1) is 5.82 Å². The van der Waals surface area contributed by atoms with E-state index in [1.807, 2.05) is 57.3 Å². The van der Waals surface area contributed by atoms with Gasteiger partial charge in [-0.05, 0) is 62.9 Å². The number of ether oxygens (including phenoxy) is 2. The molecule has 7 nitrogen and oxygen atoms in total. The zero-order valence-electron chi connectivity index (χ0n) is 20.3. The maximum Gasteiger partial charge on any atom is 0.410 e. The lowest BCUT2D eigenvalue weighted by Gasteiger charge is -2.24. The number of rotatable bonds is 6. The van der Waals surface area contributed by atoms with Gasteiger partial charge in [-0.15, -0.1) is 0 Å². The molecule has 0 bridgehead atoms. The minimum Gasteiger partial charge on any atom is -0.445 e. The van der Waals surface area contributed by atoms with Crippen LogP contribution in [0.4, 0.5) is 14.0 Å². The lowest BCUT2D eigenvalue weighted by molar-refractivity contribution is 0.0522. The van der Waals surface area contributed by atoms with Gasteiger partial charge in [0.1, 0.15) is 18.0 Å². The van der Waals surface area contributed by atoms with Gasteiger partial charge in [-0.2, -0.15) is 0 Å². The van der Waals surface area contributed by atoms with Gasteiger partial charge in [-0.3, -0.25) is 0 Å². The van der Waals surface area contributed by atoms with Crippen molar-refractivity contribution < 1.29 is 23.5 Å². The molecule has 1 aliphatic rings. The molecule has 1 aliphatic heterocycles. The van der Waals surface area contributed by atoms with E-state index in [1.165, 1.54) is 12.1 Å². The van der Waals surface area contributed by atoms with Crippen molar-refractivity contribution in [2.24, 2.45) is 0 Å². The van der Waals surface area contributed by atoms with E-state index in [2.05, 4.69) is 10.3 Å². The summed E-state index contributed by atoms with van der Waals surface area (Å²) in [7, 11) is 0. The first kappa shape index (κ1) is 24.6. The molecule has 0 unspecified atom stereocenters. The number of nitrogens with one attached hydrogen (secondary N) is 2. The number of carbonyl (C=O) groups is 2. The maximum absolute atomic E-state index is 13.7. The summed E-state index contributed by atoms with van der Waals surface area (Å²) in [6, 6.07) is 14.1. The predicted octanol–water partition coefficient (Wildman–Crippen LogP) is 5.72. The molecule has 35 heavy (non-hydrogen) atoms. The molecule has 0 saturated carbocycles. The minimum atomic E-state index is -0.579. The van der Waals surface area contributed by atoms with E-state index >= 15 is 0 Å². The molecule has 2 N–H and O–H groups in total. The lowest BCUT2D eigenvalue weighted by atomic mass is 9.95. The molecule has 2 atom stereocenters.